The molecule has 22 heavy (non-hydrogen) atoms. The van der Waals surface area contributed by atoms with E-state index in [1.807, 2.05) is 19.1 Å². The molecule has 0 saturated heterocycles. The SMILES string of the molecule is Cc1ccc(O)c(Nc2ncnc3sc4c(c23)CCCC4)c1. The molecule has 4 nitrogen and oxygen atoms in total. The number of phenols is 1. The third-order valence-corrected chi connectivity index (χ3v) is 5.36. The fraction of sp³-hybridized carbons (Fsp3) is 0.294. The average molecular weight is 311 g/mol. The van der Waals surface area contributed by atoms with Crippen molar-refractivity contribution in [2.45, 2.75) is 32.6 Å². The van der Waals surface area contributed by atoms with Crippen molar-refractivity contribution in [2.75, 3.05) is 5.32 Å². The molecule has 5 heteroatoms. The number of fused-ring (bicyclic) bond motifs is 3. The van der Waals surface area contributed by atoms with Gasteiger partial charge in [-0.3, -0.25) is 0 Å². The summed E-state index contributed by atoms with van der Waals surface area (Å²) < 4.78 is 0. The first-order valence-corrected chi connectivity index (χ1v) is 8.36. The van der Waals surface area contributed by atoms with Crippen molar-refractivity contribution in [3.8, 4) is 5.75 Å². The summed E-state index contributed by atoms with van der Waals surface area (Å²) in [5.41, 5.74) is 3.18. The van der Waals surface area contributed by atoms with E-state index in [9.17, 15) is 5.11 Å². The number of benzene rings is 1. The average Bonchev–Trinajstić information content (AvgIpc) is 2.90. The van der Waals surface area contributed by atoms with Crippen LogP contribution in [-0.4, -0.2) is 15.1 Å². The largest absolute Gasteiger partial charge is 0.506 e. The highest BCUT2D eigenvalue weighted by atomic mass is 32.1. The summed E-state index contributed by atoms with van der Waals surface area (Å²) in [6, 6.07) is 5.53. The van der Waals surface area contributed by atoms with Crippen LogP contribution >= 0.6 is 11.3 Å². The summed E-state index contributed by atoms with van der Waals surface area (Å²) in [6.07, 6.45) is 6.32. The molecule has 0 bridgehead atoms. The van der Waals surface area contributed by atoms with Gasteiger partial charge in [-0.15, -0.1) is 11.3 Å². The van der Waals surface area contributed by atoms with Crippen LogP contribution in [0.25, 0.3) is 10.2 Å². The third kappa shape index (κ3) is 2.22. The van der Waals surface area contributed by atoms with Crippen molar-refractivity contribution >= 4 is 33.1 Å². The van der Waals surface area contributed by atoms with Gasteiger partial charge in [0.25, 0.3) is 0 Å². The van der Waals surface area contributed by atoms with E-state index >= 15 is 0 Å². The van der Waals surface area contributed by atoms with E-state index in [1.54, 1.807) is 23.7 Å². The van der Waals surface area contributed by atoms with Gasteiger partial charge in [0.1, 0.15) is 22.7 Å². The van der Waals surface area contributed by atoms with Crippen LogP contribution in [0.2, 0.25) is 0 Å². The van der Waals surface area contributed by atoms with Crippen molar-refractivity contribution in [1.29, 1.82) is 0 Å². The quantitative estimate of drug-likeness (QED) is 0.692. The molecule has 2 aromatic heterocycles. The van der Waals surface area contributed by atoms with E-state index in [0.29, 0.717) is 5.69 Å². The van der Waals surface area contributed by atoms with E-state index in [0.717, 1.165) is 34.4 Å². The highest BCUT2D eigenvalue weighted by molar-refractivity contribution is 7.19. The summed E-state index contributed by atoms with van der Waals surface area (Å²) in [5.74, 6) is 1.03. The Morgan fingerprint density at radius 3 is 2.95 bits per heavy atom. The van der Waals surface area contributed by atoms with E-state index in [1.165, 1.54) is 23.3 Å². The first-order valence-electron chi connectivity index (χ1n) is 7.54. The van der Waals surface area contributed by atoms with Gasteiger partial charge < -0.3 is 10.4 Å². The first kappa shape index (κ1) is 13.5. The van der Waals surface area contributed by atoms with Crippen LogP contribution in [0.3, 0.4) is 0 Å². The van der Waals surface area contributed by atoms with Gasteiger partial charge in [-0.25, -0.2) is 9.97 Å². The van der Waals surface area contributed by atoms with E-state index in [-0.39, 0.29) is 5.75 Å². The number of aromatic hydroxyl groups is 1. The minimum atomic E-state index is 0.237. The van der Waals surface area contributed by atoms with Crippen LogP contribution in [0.15, 0.2) is 24.5 Å². The Kier molecular flexibility index (Phi) is 3.22. The van der Waals surface area contributed by atoms with Crippen LogP contribution < -0.4 is 5.32 Å². The Morgan fingerprint density at radius 2 is 2.05 bits per heavy atom. The van der Waals surface area contributed by atoms with Crippen LogP contribution in [0.1, 0.15) is 28.8 Å². The highest BCUT2D eigenvalue weighted by Crippen LogP contribution is 2.39. The number of rotatable bonds is 2. The Bertz CT molecular complexity index is 856. The second-order valence-electron chi connectivity index (χ2n) is 5.76. The number of nitrogens with one attached hydrogen (secondary N) is 1. The molecule has 0 atom stereocenters. The second kappa shape index (κ2) is 5.25. The summed E-state index contributed by atoms with van der Waals surface area (Å²) >= 11 is 1.78. The zero-order valence-corrected chi connectivity index (χ0v) is 13.2. The maximum Gasteiger partial charge on any atom is 0.142 e. The second-order valence-corrected chi connectivity index (χ2v) is 6.84. The Hall–Kier alpha value is -2.14. The topological polar surface area (TPSA) is 58.0 Å². The maximum atomic E-state index is 10.1. The molecule has 0 spiro atoms. The standard InChI is InChI=1S/C17H17N3OS/c1-10-6-7-13(21)12(8-10)20-16-15-11-4-2-3-5-14(11)22-17(15)19-9-18-16/h6-9,21H,2-5H2,1H3,(H,18,19,20). The lowest BCUT2D eigenvalue weighted by atomic mass is 9.97. The fourth-order valence-electron chi connectivity index (χ4n) is 3.06. The minimum Gasteiger partial charge on any atom is -0.506 e. The van der Waals surface area contributed by atoms with Gasteiger partial charge in [-0.05, 0) is 55.9 Å². The Labute approximate surface area is 132 Å². The van der Waals surface area contributed by atoms with Crippen LogP contribution in [0.4, 0.5) is 11.5 Å². The normalized spacial score (nSPS) is 14.0. The molecule has 0 fully saturated rings. The van der Waals surface area contributed by atoms with Gasteiger partial charge in [0.2, 0.25) is 0 Å². The Morgan fingerprint density at radius 1 is 1.18 bits per heavy atom. The van der Waals surface area contributed by atoms with Crippen molar-refractivity contribution < 1.29 is 5.11 Å². The molecule has 0 aliphatic heterocycles. The zero-order chi connectivity index (χ0) is 15.1. The summed E-state index contributed by atoms with van der Waals surface area (Å²) in [4.78, 5) is 11.3. The molecular weight excluding hydrogens is 294 g/mol. The summed E-state index contributed by atoms with van der Waals surface area (Å²) in [6.45, 7) is 2.01. The fourth-order valence-corrected chi connectivity index (χ4v) is 4.29. The lowest BCUT2D eigenvalue weighted by molar-refractivity contribution is 0.477. The van der Waals surface area contributed by atoms with E-state index in [4.69, 9.17) is 0 Å². The molecule has 112 valence electrons. The van der Waals surface area contributed by atoms with Crippen molar-refractivity contribution in [2.24, 2.45) is 0 Å². The highest BCUT2D eigenvalue weighted by Gasteiger charge is 2.20. The molecule has 3 aromatic rings. The maximum absolute atomic E-state index is 10.1. The lowest BCUT2D eigenvalue weighted by Gasteiger charge is -2.13. The lowest BCUT2D eigenvalue weighted by Crippen LogP contribution is -2.01. The molecule has 1 aromatic carbocycles. The minimum absolute atomic E-state index is 0.237. The molecule has 1 aliphatic carbocycles. The van der Waals surface area contributed by atoms with E-state index in [2.05, 4.69) is 15.3 Å². The van der Waals surface area contributed by atoms with Gasteiger partial charge in [0, 0.05) is 4.88 Å². The first-order chi connectivity index (χ1) is 10.7. The molecule has 0 unspecified atom stereocenters. The van der Waals surface area contributed by atoms with Crippen LogP contribution in [0, 0.1) is 6.92 Å². The molecule has 0 radical (unpaired) electrons. The number of hydrogen-bond acceptors (Lipinski definition) is 5. The molecule has 2 heterocycles. The molecule has 4 rings (SSSR count). The number of aryl methyl sites for hydroxylation is 3. The number of hydrogen-bond donors (Lipinski definition) is 2. The smallest absolute Gasteiger partial charge is 0.142 e. The van der Waals surface area contributed by atoms with E-state index < -0.39 is 0 Å². The van der Waals surface area contributed by atoms with Crippen LogP contribution in [-0.2, 0) is 12.8 Å². The molecule has 0 amide bonds. The summed E-state index contributed by atoms with van der Waals surface area (Å²) in [7, 11) is 0. The summed E-state index contributed by atoms with van der Waals surface area (Å²) in [5, 5.41) is 14.5. The molecule has 1 aliphatic rings. The number of thiophene rings is 1. The van der Waals surface area contributed by atoms with Crippen molar-refractivity contribution in [1.82, 2.24) is 9.97 Å². The Balaban J connectivity index is 1.84. The number of phenolic OH excluding ortho intramolecular Hbond substituents is 1. The van der Waals surface area contributed by atoms with Gasteiger partial charge in [0.05, 0.1) is 11.1 Å². The third-order valence-electron chi connectivity index (χ3n) is 4.16. The monoisotopic (exact) mass is 311 g/mol. The van der Waals surface area contributed by atoms with Crippen LogP contribution in [0.5, 0.6) is 5.75 Å². The van der Waals surface area contributed by atoms with Crippen molar-refractivity contribution in [3.05, 3.63) is 40.5 Å². The number of anilines is 2. The zero-order valence-electron chi connectivity index (χ0n) is 12.4. The van der Waals surface area contributed by atoms with Gasteiger partial charge in [-0.2, -0.15) is 0 Å². The molecule has 0 saturated carbocycles. The van der Waals surface area contributed by atoms with Gasteiger partial charge in [0.15, 0.2) is 0 Å². The van der Waals surface area contributed by atoms with Gasteiger partial charge in [-0.1, -0.05) is 6.07 Å². The molecular formula is C17H17N3OS. The number of aromatic nitrogens is 2. The molecule has 2 N–H and O–H groups in total. The predicted octanol–water partition coefficient (Wildman–Crippen LogP) is 4.33. The van der Waals surface area contributed by atoms with Crippen molar-refractivity contribution in [3.63, 3.8) is 0 Å². The number of nitrogens with zero attached hydrogens (tertiary/aromatic N) is 2. The van der Waals surface area contributed by atoms with Gasteiger partial charge >= 0.3 is 0 Å². The predicted molar refractivity (Wildman–Crippen MR) is 90.2 cm³/mol.